The molecule has 1 heterocycles. The minimum atomic E-state index is -0.101. The average molecular weight is 236 g/mol. The van der Waals surface area contributed by atoms with Gasteiger partial charge in [-0.25, -0.2) is 14.8 Å². The van der Waals surface area contributed by atoms with Gasteiger partial charge in [-0.15, -0.1) is 0 Å². The Bertz CT molecular complexity index is 325. The van der Waals surface area contributed by atoms with Crippen molar-refractivity contribution >= 4 is 6.03 Å². The lowest BCUT2D eigenvalue weighted by Gasteiger charge is -2.15. The third kappa shape index (κ3) is 5.29. The van der Waals surface area contributed by atoms with E-state index >= 15 is 0 Å². The maximum Gasteiger partial charge on any atom is 0.315 e. The zero-order chi connectivity index (χ0) is 12.5. The zero-order valence-electron chi connectivity index (χ0n) is 10.4. The molecule has 1 aromatic heterocycles. The van der Waals surface area contributed by atoms with Crippen molar-refractivity contribution in [3.05, 3.63) is 24.3 Å². The highest BCUT2D eigenvalue weighted by Gasteiger charge is 2.06. The summed E-state index contributed by atoms with van der Waals surface area (Å²) < 4.78 is 0. The molecule has 1 aromatic rings. The molecule has 0 saturated heterocycles. The van der Waals surface area contributed by atoms with E-state index in [4.69, 9.17) is 0 Å². The summed E-state index contributed by atoms with van der Waals surface area (Å²) in [6.07, 6.45) is 7.67. The lowest BCUT2D eigenvalue weighted by Crippen LogP contribution is -2.42. The van der Waals surface area contributed by atoms with Gasteiger partial charge in [-0.2, -0.15) is 0 Å². The second kappa shape index (κ2) is 7.60. The Morgan fingerprint density at radius 2 is 1.94 bits per heavy atom. The molecule has 94 valence electrons. The SMILES string of the molecule is CCC(CC)NC(=O)NCCc1cncnc1. The number of carbonyl (C=O) groups is 1. The van der Waals surface area contributed by atoms with Crippen LogP contribution in [0.4, 0.5) is 4.79 Å². The van der Waals surface area contributed by atoms with Crippen LogP contribution in [-0.2, 0) is 6.42 Å². The maximum atomic E-state index is 11.5. The van der Waals surface area contributed by atoms with Crippen molar-refractivity contribution in [3.63, 3.8) is 0 Å². The first-order valence-corrected chi connectivity index (χ1v) is 6.04. The van der Waals surface area contributed by atoms with Crippen LogP contribution in [0.2, 0.25) is 0 Å². The van der Waals surface area contributed by atoms with E-state index in [-0.39, 0.29) is 12.1 Å². The molecule has 2 N–H and O–H groups in total. The van der Waals surface area contributed by atoms with Crippen LogP contribution in [0, 0.1) is 0 Å². The Morgan fingerprint density at radius 3 is 2.53 bits per heavy atom. The quantitative estimate of drug-likeness (QED) is 0.786. The summed E-state index contributed by atoms with van der Waals surface area (Å²) in [5.41, 5.74) is 1.02. The standard InChI is InChI=1S/C12H20N4O/c1-3-11(4-2)16-12(17)15-6-5-10-7-13-9-14-8-10/h7-9,11H,3-6H2,1-2H3,(H2,15,16,17). The van der Waals surface area contributed by atoms with E-state index in [9.17, 15) is 4.79 Å². The highest BCUT2D eigenvalue weighted by atomic mass is 16.2. The summed E-state index contributed by atoms with van der Waals surface area (Å²) >= 11 is 0. The fourth-order valence-electron chi connectivity index (χ4n) is 1.51. The van der Waals surface area contributed by atoms with Crippen LogP contribution in [0.3, 0.4) is 0 Å². The van der Waals surface area contributed by atoms with Crippen molar-refractivity contribution in [3.8, 4) is 0 Å². The molecule has 0 fully saturated rings. The van der Waals surface area contributed by atoms with Gasteiger partial charge < -0.3 is 10.6 Å². The molecule has 5 nitrogen and oxygen atoms in total. The summed E-state index contributed by atoms with van der Waals surface area (Å²) in [5.74, 6) is 0. The topological polar surface area (TPSA) is 66.9 Å². The molecule has 0 bridgehead atoms. The molecule has 0 aliphatic carbocycles. The van der Waals surface area contributed by atoms with Gasteiger partial charge in [-0.05, 0) is 24.8 Å². The van der Waals surface area contributed by atoms with E-state index in [1.807, 2.05) is 0 Å². The summed E-state index contributed by atoms with van der Waals surface area (Å²) in [6.45, 7) is 4.73. The van der Waals surface area contributed by atoms with Gasteiger partial charge in [-0.3, -0.25) is 0 Å². The van der Waals surface area contributed by atoms with Gasteiger partial charge in [0.05, 0.1) is 0 Å². The number of rotatable bonds is 6. The molecule has 1 rings (SSSR count). The van der Waals surface area contributed by atoms with Gasteiger partial charge in [0.15, 0.2) is 0 Å². The lowest BCUT2D eigenvalue weighted by atomic mass is 10.2. The Kier molecular flexibility index (Phi) is 5.99. The second-order valence-corrected chi connectivity index (χ2v) is 3.91. The summed E-state index contributed by atoms with van der Waals surface area (Å²) in [5, 5.41) is 5.75. The number of carbonyl (C=O) groups excluding carboxylic acids is 1. The molecule has 0 aromatic carbocycles. The van der Waals surface area contributed by atoms with Crippen molar-refractivity contribution in [1.29, 1.82) is 0 Å². The highest BCUT2D eigenvalue weighted by Crippen LogP contribution is 1.96. The monoisotopic (exact) mass is 236 g/mol. The number of hydrogen-bond acceptors (Lipinski definition) is 3. The number of amides is 2. The van der Waals surface area contributed by atoms with Gasteiger partial charge in [-0.1, -0.05) is 13.8 Å². The molecule has 17 heavy (non-hydrogen) atoms. The van der Waals surface area contributed by atoms with Gasteiger partial charge in [0.25, 0.3) is 0 Å². The molecular formula is C12H20N4O. The maximum absolute atomic E-state index is 11.5. The zero-order valence-corrected chi connectivity index (χ0v) is 10.4. The first-order chi connectivity index (χ1) is 8.26. The number of urea groups is 1. The number of aromatic nitrogens is 2. The Balaban J connectivity index is 2.20. The third-order valence-electron chi connectivity index (χ3n) is 2.63. The summed E-state index contributed by atoms with van der Waals surface area (Å²) in [6, 6.07) is 0.158. The average Bonchev–Trinajstić information content (AvgIpc) is 2.37. The van der Waals surface area contributed by atoms with E-state index in [1.54, 1.807) is 12.4 Å². The number of nitrogens with one attached hydrogen (secondary N) is 2. The Labute approximate surface area is 102 Å². The number of nitrogens with zero attached hydrogens (tertiary/aromatic N) is 2. The van der Waals surface area contributed by atoms with Crippen molar-refractivity contribution in [2.45, 2.75) is 39.2 Å². The van der Waals surface area contributed by atoms with Crippen LogP contribution in [0.25, 0.3) is 0 Å². The van der Waals surface area contributed by atoms with E-state index in [0.717, 1.165) is 24.8 Å². The molecule has 0 saturated carbocycles. The van der Waals surface area contributed by atoms with Crippen LogP contribution in [0.15, 0.2) is 18.7 Å². The predicted octanol–water partition coefficient (Wildman–Crippen LogP) is 1.51. The number of hydrogen-bond donors (Lipinski definition) is 2. The molecule has 0 radical (unpaired) electrons. The van der Waals surface area contributed by atoms with Crippen LogP contribution in [0.1, 0.15) is 32.3 Å². The van der Waals surface area contributed by atoms with Crippen molar-refractivity contribution < 1.29 is 4.79 Å². The molecule has 0 atom stereocenters. The predicted molar refractivity (Wildman–Crippen MR) is 66.6 cm³/mol. The molecule has 0 unspecified atom stereocenters. The summed E-state index contributed by atoms with van der Waals surface area (Å²) in [7, 11) is 0. The molecule has 0 spiro atoms. The van der Waals surface area contributed by atoms with Crippen LogP contribution in [0.5, 0.6) is 0 Å². The lowest BCUT2D eigenvalue weighted by molar-refractivity contribution is 0.236. The second-order valence-electron chi connectivity index (χ2n) is 3.91. The molecular weight excluding hydrogens is 216 g/mol. The van der Waals surface area contributed by atoms with Gasteiger partial charge in [0.2, 0.25) is 0 Å². The fourth-order valence-corrected chi connectivity index (χ4v) is 1.51. The normalized spacial score (nSPS) is 10.3. The minimum absolute atomic E-state index is 0.101. The van der Waals surface area contributed by atoms with Crippen molar-refractivity contribution in [2.75, 3.05) is 6.54 Å². The van der Waals surface area contributed by atoms with Gasteiger partial charge in [0.1, 0.15) is 6.33 Å². The fraction of sp³-hybridized carbons (Fsp3) is 0.583. The van der Waals surface area contributed by atoms with E-state index in [0.29, 0.717) is 6.54 Å². The first kappa shape index (κ1) is 13.4. The molecule has 5 heteroatoms. The molecule has 0 aliphatic heterocycles. The van der Waals surface area contributed by atoms with E-state index < -0.39 is 0 Å². The smallest absolute Gasteiger partial charge is 0.315 e. The van der Waals surface area contributed by atoms with Crippen molar-refractivity contribution in [1.82, 2.24) is 20.6 Å². The van der Waals surface area contributed by atoms with Gasteiger partial charge >= 0.3 is 6.03 Å². The third-order valence-corrected chi connectivity index (χ3v) is 2.63. The largest absolute Gasteiger partial charge is 0.338 e. The molecule has 0 aliphatic rings. The van der Waals surface area contributed by atoms with Crippen LogP contribution >= 0.6 is 0 Å². The van der Waals surface area contributed by atoms with Crippen LogP contribution < -0.4 is 10.6 Å². The van der Waals surface area contributed by atoms with Crippen LogP contribution in [-0.4, -0.2) is 28.6 Å². The van der Waals surface area contributed by atoms with E-state index in [1.165, 1.54) is 6.33 Å². The Hall–Kier alpha value is -1.65. The minimum Gasteiger partial charge on any atom is -0.338 e. The van der Waals surface area contributed by atoms with E-state index in [2.05, 4.69) is 34.4 Å². The van der Waals surface area contributed by atoms with Gasteiger partial charge in [0, 0.05) is 25.0 Å². The summed E-state index contributed by atoms with van der Waals surface area (Å²) in [4.78, 5) is 19.3. The molecule has 2 amide bonds. The highest BCUT2D eigenvalue weighted by molar-refractivity contribution is 5.74. The first-order valence-electron chi connectivity index (χ1n) is 6.04. The Morgan fingerprint density at radius 1 is 1.29 bits per heavy atom. The van der Waals surface area contributed by atoms with Crippen molar-refractivity contribution in [2.24, 2.45) is 0 Å².